The molecule has 0 saturated carbocycles. The molecule has 1 aliphatic rings. The van der Waals surface area contributed by atoms with Gasteiger partial charge in [0.1, 0.15) is 0 Å². The van der Waals surface area contributed by atoms with E-state index in [0.29, 0.717) is 18.6 Å². The van der Waals surface area contributed by atoms with Gasteiger partial charge in [0.05, 0.1) is 6.54 Å². The molecule has 1 atom stereocenters. The Bertz CT molecular complexity index is 450. The van der Waals surface area contributed by atoms with Crippen LogP contribution < -0.4 is 11.1 Å². The number of aryl methyl sites for hydroxylation is 1. The lowest BCUT2D eigenvalue weighted by molar-refractivity contribution is -0.119. The van der Waals surface area contributed by atoms with E-state index in [4.69, 9.17) is 5.73 Å². The molecule has 0 aromatic heterocycles. The van der Waals surface area contributed by atoms with Gasteiger partial charge in [-0.15, -0.1) is 0 Å². The van der Waals surface area contributed by atoms with Crippen molar-refractivity contribution in [3.8, 4) is 0 Å². The van der Waals surface area contributed by atoms with Crippen LogP contribution in [0.5, 0.6) is 0 Å². The van der Waals surface area contributed by atoms with Crippen LogP contribution in [0.4, 0.5) is 0 Å². The predicted molar refractivity (Wildman–Crippen MR) is 86.0 cm³/mol. The minimum absolute atomic E-state index is 0.231. The maximum Gasteiger partial charge on any atom is 0.231 e. The van der Waals surface area contributed by atoms with Gasteiger partial charge >= 0.3 is 0 Å². The first-order chi connectivity index (χ1) is 10.1. The molecular weight excluding hydrogens is 262 g/mol. The Hall–Kier alpha value is -1.39. The molecule has 0 aliphatic carbocycles. The summed E-state index contributed by atoms with van der Waals surface area (Å²) in [4.78, 5) is 13.1. The van der Waals surface area contributed by atoms with Gasteiger partial charge in [0.15, 0.2) is 0 Å². The van der Waals surface area contributed by atoms with Gasteiger partial charge in [-0.25, -0.2) is 0 Å². The van der Waals surface area contributed by atoms with Crippen molar-refractivity contribution in [2.24, 2.45) is 5.73 Å². The number of amides is 1. The first-order valence-corrected chi connectivity index (χ1v) is 7.94. The monoisotopic (exact) mass is 289 g/mol. The van der Waals surface area contributed by atoms with Gasteiger partial charge in [0, 0.05) is 25.2 Å². The van der Waals surface area contributed by atoms with Crippen molar-refractivity contribution >= 4 is 5.91 Å². The fraction of sp³-hybridized carbons (Fsp3) is 0.588. The van der Waals surface area contributed by atoms with Crippen molar-refractivity contribution in [3.63, 3.8) is 0 Å². The lowest BCUT2D eigenvalue weighted by Crippen LogP contribution is -2.45. The maximum atomic E-state index is 10.9. The standard InChI is InChI=1S/C17H27N3O/c1-3-14-4-6-15(7-5-14)13(2)19-16-8-10-20(11-9-16)12-17(18)21/h4-7,13,16,19H,3,8-12H2,1-2H3,(H2,18,21). The van der Waals surface area contributed by atoms with Crippen LogP contribution in [0.1, 0.15) is 43.9 Å². The summed E-state index contributed by atoms with van der Waals surface area (Å²) < 4.78 is 0. The molecule has 1 aromatic carbocycles. The molecule has 1 saturated heterocycles. The van der Waals surface area contributed by atoms with Crippen molar-refractivity contribution in [1.29, 1.82) is 0 Å². The summed E-state index contributed by atoms with van der Waals surface area (Å²) in [5.41, 5.74) is 7.96. The van der Waals surface area contributed by atoms with E-state index in [1.54, 1.807) is 0 Å². The number of likely N-dealkylation sites (tertiary alicyclic amines) is 1. The van der Waals surface area contributed by atoms with Gasteiger partial charge in [-0.1, -0.05) is 31.2 Å². The lowest BCUT2D eigenvalue weighted by atomic mass is 10.0. The Kier molecular flexibility index (Phi) is 5.76. The number of hydrogen-bond acceptors (Lipinski definition) is 3. The molecule has 1 heterocycles. The molecule has 21 heavy (non-hydrogen) atoms. The molecule has 1 fully saturated rings. The number of carbonyl (C=O) groups is 1. The molecule has 0 bridgehead atoms. The van der Waals surface area contributed by atoms with Gasteiger partial charge < -0.3 is 11.1 Å². The minimum Gasteiger partial charge on any atom is -0.369 e. The molecule has 1 aromatic rings. The maximum absolute atomic E-state index is 10.9. The Labute approximate surface area is 127 Å². The van der Waals surface area contributed by atoms with E-state index in [1.165, 1.54) is 11.1 Å². The smallest absolute Gasteiger partial charge is 0.231 e. The fourth-order valence-corrected chi connectivity index (χ4v) is 2.97. The number of nitrogens with two attached hydrogens (primary N) is 1. The normalized spacial score (nSPS) is 18.6. The van der Waals surface area contributed by atoms with E-state index >= 15 is 0 Å². The fourth-order valence-electron chi connectivity index (χ4n) is 2.97. The molecule has 4 heteroatoms. The third-order valence-corrected chi connectivity index (χ3v) is 4.34. The minimum atomic E-state index is -0.231. The summed E-state index contributed by atoms with van der Waals surface area (Å²) in [5, 5.41) is 3.70. The first kappa shape index (κ1) is 16.0. The Morgan fingerprint density at radius 2 is 1.95 bits per heavy atom. The Morgan fingerprint density at radius 3 is 2.48 bits per heavy atom. The third-order valence-electron chi connectivity index (χ3n) is 4.34. The summed E-state index contributed by atoms with van der Waals surface area (Å²) in [6.07, 6.45) is 3.23. The quantitative estimate of drug-likeness (QED) is 0.840. The number of nitrogens with zero attached hydrogens (tertiary/aromatic N) is 1. The average molecular weight is 289 g/mol. The van der Waals surface area contributed by atoms with Gasteiger partial charge in [0.2, 0.25) is 5.91 Å². The highest BCUT2D eigenvalue weighted by atomic mass is 16.1. The Morgan fingerprint density at radius 1 is 1.33 bits per heavy atom. The summed E-state index contributed by atoms with van der Waals surface area (Å²) >= 11 is 0. The van der Waals surface area contributed by atoms with Crippen LogP contribution in [0.25, 0.3) is 0 Å². The van der Waals surface area contributed by atoms with Gasteiger partial charge in [-0.2, -0.15) is 0 Å². The number of rotatable bonds is 6. The molecule has 3 N–H and O–H groups in total. The highest BCUT2D eigenvalue weighted by molar-refractivity contribution is 5.75. The lowest BCUT2D eigenvalue weighted by Gasteiger charge is -2.33. The number of piperidine rings is 1. The van der Waals surface area contributed by atoms with Crippen LogP contribution in [0.3, 0.4) is 0 Å². The molecule has 4 nitrogen and oxygen atoms in total. The largest absolute Gasteiger partial charge is 0.369 e. The zero-order chi connectivity index (χ0) is 15.2. The third kappa shape index (κ3) is 4.83. The second-order valence-electron chi connectivity index (χ2n) is 6.00. The molecule has 1 amide bonds. The zero-order valence-corrected chi connectivity index (χ0v) is 13.1. The van der Waals surface area contributed by atoms with Gasteiger partial charge in [-0.3, -0.25) is 9.69 Å². The SMILES string of the molecule is CCc1ccc(C(C)NC2CCN(CC(N)=O)CC2)cc1. The summed E-state index contributed by atoms with van der Waals surface area (Å²) in [6.45, 7) is 6.68. The summed E-state index contributed by atoms with van der Waals surface area (Å²) in [6, 6.07) is 9.75. The van der Waals surface area contributed by atoms with E-state index in [-0.39, 0.29) is 5.91 Å². The highest BCUT2D eigenvalue weighted by Gasteiger charge is 2.21. The van der Waals surface area contributed by atoms with Crippen molar-refractivity contribution in [2.45, 2.75) is 45.2 Å². The zero-order valence-electron chi connectivity index (χ0n) is 13.1. The summed E-state index contributed by atoms with van der Waals surface area (Å²) in [5.74, 6) is -0.231. The highest BCUT2D eigenvalue weighted by Crippen LogP contribution is 2.18. The second kappa shape index (κ2) is 7.57. The second-order valence-corrected chi connectivity index (χ2v) is 6.00. The van der Waals surface area contributed by atoms with Crippen LogP contribution >= 0.6 is 0 Å². The van der Waals surface area contributed by atoms with E-state index < -0.39 is 0 Å². The predicted octanol–water partition coefficient (Wildman–Crippen LogP) is 1.85. The topological polar surface area (TPSA) is 58.4 Å². The molecule has 1 unspecified atom stereocenters. The number of benzene rings is 1. The van der Waals surface area contributed by atoms with E-state index in [1.807, 2.05) is 0 Å². The average Bonchev–Trinajstić information content (AvgIpc) is 2.49. The number of primary amides is 1. The van der Waals surface area contributed by atoms with Crippen LogP contribution in [0, 0.1) is 0 Å². The van der Waals surface area contributed by atoms with Crippen LogP contribution in [0.15, 0.2) is 24.3 Å². The van der Waals surface area contributed by atoms with Crippen molar-refractivity contribution in [2.75, 3.05) is 19.6 Å². The van der Waals surface area contributed by atoms with Crippen LogP contribution in [-0.4, -0.2) is 36.5 Å². The van der Waals surface area contributed by atoms with Crippen molar-refractivity contribution in [1.82, 2.24) is 10.2 Å². The van der Waals surface area contributed by atoms with Crippen molar-refractivity contribution in [3.05, 3.63) is 35.4 Å². The number of hydrogen-bond donors (Lipinski definition) is 2. The molecule has 1 aliphatic heterocycles. The van der Waals surface area contributed by atoms with Gasteiger partial charge in [0.25, 0.3) is 0 Å². The number of nitrogens with one attached hydrogen (secondary N) is 1. The van der Waals surface area contributed by atoms with Crippen molar-refractivity contribution < 1.29 is 4.79 Å². The Balaban J connectivity index is 1.80. The van der Waals surface area contributed by atoms with Crippen LogP contribution in [0.2, 0.25) is 0 Å². The van der Waals surface area contributed by atoms with Crippen LogP contribution in [-0.2, 0) is 11.2 Å². The molecule has 116 valence electrons. The molecule has 0 radical (unpaired) electrons. The number of carbonyl (C=O) groups excluding carboxylic acids is 1. The molecule has 2 rings (SSSR count). The van der Waals surface area contributed by atoms with Gasteiger partial charge in [-0.05, 0) is 37.3 Å². The van der Waals surface area contributed by atoms with E-state index in [2.05, 4.69) is 48.3 Å². The summed E-state index contributed by atoms with van der Waals surface area (Å²) in [7, 11) is 0. The molecule has 0 spiro atoms. The molecular formula is C17H27N3O. The van der Waals surface area contributed by atoms with E-state index in [9.17, 15) is 4.79 Å². The first-order valence-electron chi connectivity index (χ1n) is 7.94. The van der Waals surface area contributed by atoms with E-state index in [0.717, 1.165) is 32.4 Å².